The van der Waals surface area contributed by atoms with Gasteiger partial charge in [-0.15, -0.1) is 0 Å². The Bertz CT molecular complexity index is 502. The van der Waals surface area contributed by atoms with E-state index in [1.165, 1.54) is 0 Å². The van der Waals surface area contributed by atoms with E-state index >= 15 is 0 Å². The lowest BCUT2D eigenvalue weighted by molar-refractivity contribution is 0.120. The number of ether oxygens (including phenoxy) is 2. The number of hydrogen-bond acceptors (Lipinski definition) is 3. The maximum absolute atomic E-state index is 5.93. The van der Waals surface area contributed by atoms with Crippen LogP contribution in [0.3, 0.4) is 0 Å². The molecule has 4 heteroatoms. The van der Waals surface area contributed by atoms with Crippen molar-refractivity contribution in [1.29, 1.82) is 0 Å². The number of nitrogens with zero attached hydrogens (tertiary/aromatic N) is 1. The largest absolute Gasteiger partial charge is 0.488 e. The molecule has 0 bridgehead atoms. The third-order valence-electron chi connectivity index (χ3n) is 2.80. The summed E-state index contributed by atoms with van der Waals surface area (Å²) in [5.41, 5.74) is 0. The van der Waals surface area contributed by atoms with Crippen LogP contribution in [0, 0.1) is 0 Å². The summed E-state index contributed by atoms with van der Waals surface area (Å²) in [5.74, 6) is 1.57. The maximum atomic E-state index is 5.93. The molecule has 1 aromatic carbocycles. The first-order valence-corrected chi connectivity index (χ1v) is 7.10. The molecule has 1 aromatic heterocycles. The van der Waals surface area contributed by atoms with Gasteiger partial charge in [-0.3, -0.25) is 4.98 Å². The summed E-state index contributed by atoms with van der Waals surface area (Å²) in [7, 11) is 0. The molecule has 0 N–H and O–H groups in total. The number of benzene rings is 1. The van der Waals surface area contributed by atoms with Gasteiger partial charge >= 0.3 is 0 Å². The van der Waals surface area contributed by atoms with Crippen LogP contribution in [0.5, 0.6) is 11.5 Å². The molecule has 1 heterocycles. The van der Waals surface area contributed by atoms with Crippen molar-refractivity contribution in [3.8, 4) is 11.5 Å². The summed E-state index contributed by atoms with van der Waals surface area (Å²) in [4.78, 5) is 4.02. The molecular weight excluding hydrogens is 274 g/mol. The van der Waals surface area contributed by atoms with Gasteiger partial charge in [-0.1, -0.05) is 24.9 Å². The van der Waals surface area contributed by atoms with Crippen molar-refractivity contribution in [1.82, 2.24) is 4.98 Å². The number of halogens is 1. The molecular formula is C16H18ClNO2. The van der Waals surface area contributed by atoms with E-state index in [1.807, 2.05) is 36.4 Å². The molecule has 0 saturated heterocycles. The van der Waals surface area contributed by atoms with Crippen LogP contribution < -0.4 is 9.47 Å². The van der Waals surface area contributed by atoms with Gasteiger partial charge in [0.05, 0.1) is 6.20 Å². The first-order valence-electron chi connectivity index (χ1n) is 6.73. The highest BCUT2D eigenvalue weighted by atomic mass is 35.5. The number of pyridine rings is 1. The van der Waals surface area contributed by atoms with Crippen molar-refractivity contribution in [2.75, 3.05) is 6.61 Å². The van der Waals surface area contributed by atoms with Crippen molar-refractivity contribution < 1.29 is 9.47 Å². The van der Waals surface area contributed by atoms with Crippen LogP contribution in [-0.2, 0) is 0 Å². The molecule has 0 fully saturated rings. The van der Waals surface area contributed by atoms with Crippen molar-refractivity contribution in [2.24, 2.45) is 0 Å². The van der Waals surface area contributed by atoms with E-state index in [1.54, 1.807) is 12.4 Å². The van der Waals surface area contributed by atoms with Gasteiger partial charge in [0.2, 0.25) is 0 Å². The highest BCUT2D eigenvalue weighted by molar-refractivity contribution is 6.30. The monoisotopic (exact) mass is 291 g/mol. The second-order valence-corrected chi connectivity index (χ2v) is 4.92. The van der Waals surface area contributed by atoms with E-state index in [2.05, 4.69) is 11.9 Å². The minimum atomic E-state index is 0.0152. The number of aromatic nitrogens is 1. The van der Waals surface area contributed by atoms with Gasteiger partial charge in [-0.2, -0.15) is 0 Å². The van der Waals surface area contributed by atoms with Gasteiger partial charge in [-0.25, -0.2) is 0 Å². The van der Waals surface area contributed by atoms with E-state index in [4.69, 9.17) is 21.1 Å². The van der Waals surface area contributed by atoms with Gasteiger partial charge in [0.25, 0.3) is 0 Å². The van der Waals surface area contributed by atoms with E-state index in [-0.39, 0.29) is 6.10 Å². The van der Waals surface area contributed by atoms with Gasteiger partial charge in [-0.05, 0) is 42.8 Å². The van der Waals surface area contributed by atoms with Crippen molar-refractivity contribution in [2.45, 2.75) is 25.9 Å². The fourth-order valence-electron chi connectivity index (χ4n) is 1.83. The van der Waals surface area contributed by atoms with Crippen LogP contribution in [0.25, 0.3) is 0 Å². The fourth-order valence-corrected chi connectivity index (χ4v) is 1.95. The lowest BCUT2D eigenvalue weighted by Gasteiger charge is -2.19. The first-order chi connectivity index (χ1) is 9.78. The lowest BCUT2D eigenvalue weighted by Crippen LogP contribution is -2.24. The summed E-state index contributed by atoms with van der Waals surface area (Å²) in [6.45, 7) is 2.63. The van der Waals surface area contributed by atoms with Crippen LogP contribution in [0.1, 0.15) is 19.8 Å². The molecule has 3 nitrogen and oxygen atoms in total. The minimum absolute atomic E-state index is 0.0152. The zero-order valence-corrected chi connectivity index (χ0v) is 12.2. The summed E-state index contributed by atoms with van der Waals surface area (Å²) in [5, 5.41) is 0.705. The quantitative estimate of drug-likeness (QED) is 0.759. The van der Waals surface area contributed by atoms with E-state index in [0.717, 1.165) is 24.3 Å². The van der Waals surface area contributed by atoms with Crippen molar-refractivity contribution in [3.63, 3.8) is 0 Å². The topological polar surface area (TPSA) is 31.4 Å². The standard InChI is InChI=1S/C16H18ClNO2/c1-2-4-16(12-19-15-5-3-10-18-11-15)20-14-8-6-13(17)7-9-14/h3,5-11,16H,2,4,12H2,1H3. The number of rotatable bonds is 7. The fraction of sp³-hybridized carbons (Fsp3) is 0.312. The van der Waals surface area contributed by atoms with E-state index < -0.39 is 0 Å². The molecule has 1 unspecified atom stereocenters. The van der Waals surface area contributed by atoms with Crippen LogP contribution in [-0.4, -0.2) is 17.7 Å². The minimum Gasteiger partial charge on any atom is -0.488 e. The Hall–Kier alpha value is -1.74. The Morgan fingerprint density at radius 2 is 1.95 bits per heavy atom. The van der Waals surface area contributed by atoms with Gasteiger partial charge < -0.3 is 9.47 Å². The summed E-state index contributed by atoms with van der Waals surface area (Å²) < 4.78 is 11.6. The predicted molar refractivity (Wildman–Crippen MR) is 80.5 cm³/mol. The second-order valence-electron chi connectivity index (χ2n) is 4.48. The normalized spacial score (nSPS) is 11.9. The average Bonchev–Trinajstić information content (AvgIpc) is 2.48. The molecule has 0 aliphatic carbocycles. The third-order valence-corrected chi connectivity index (χ3v) is 3.05. The van der Waals surface area contributed by atoms with E-state index in [9.17, 15) is 0 Å². The summed E-state index contributed by atoms with van der Waals surface area (Å²) in [6, 6.07) is 11.1. The molecule has 0 aliphatic rings. The molecule has 0 saturated carbocycles. The molecule has 20 heavy (non-hydrogen) atoms. The third kappa shape index (κ3) is 4.74. The molecule has 106 valence electrons. The van der Waals surface area contributed by atoms with Crippen molar-refractivity contribution in [3.05, 3.63) is 53.8 Å². The predicted octanol–water partition coefficient (Wildman–Crippen LogP) is 4.36. The molecule has 1 atom stereocenters. The van der Waals surface area contributed by atoms with E-state index in [0.29, 0.717) is 11.6 Å². The Labute approximate surface area is 124 Å². The van der Waals surface area contributed by atoms with Gasteiger partial charge in [0.15, 0.2) is 0 Å². The zero-order valence-electron chi connectivity index (χ0n) is 11.5. The lowest BCUT2D eigenvalue weighted by atomic mass is 10.2. The van der Waals surface area contributed by atoms with Crippen LogP contribution >= 0.6 is 11.6 Å². The molecule has 0 radical (unpaired) electrons. The Balaban J connectivity index is 1.91. The summed E-state index contributed by atoms with van der Waals surface area (Å²) in [6.07, 6.45) is 5.41. The summed E-state index contributed by atoms with van der Waals surface area (Å²) >= 11 is 5.86. The van der Waals surface area contributed by atoms with Gasteiger partial charge in [0, 0.05) is 11.2 Å². The van der Waals surface area contributed by atoms with Gasteiger partial charge in [0.1, 0.15) is 24.2 Å². The molecule has 2 rings (SSSR count). The first kappa shape index (κ1) is 14.7. The SMILES string of the molecule is CCCC(COc1cccnc1)Oc1ccc(Cl)cc1. The van der Waals surface area contributed by atoms with Crippen LogP contribution in [0.4, 0.5) is 0 Å². The average molecular weight is 292 g/mol. The molecule has 0 amide bonds. The van der Waals surface area contributed by atoms with Crippen LogP contribution in [0.15, 0.2) is 48.8 Å². The Morgan fingerprint density at radius 1 is 1.15 bits per heavy atom. The molecule has 0 spiro atoms. The highest BCUT2D eigenvalue weighted by Gasteiger charge is 2.11. The zero-order chi connectivity index (χ0) is 14.2. The highest BCUT2D eigenvalue weighted by Crippen LogP contribution is 2.18. The molecule has 0 aliphatic heterocycles. The van der Waals surface area contributed by atoms with Crippen molar-refractivity contribution >= 4 is 11.6 Å². The van der Waals surface area contributed by atoms with Crippen LogP contribution in [0.2, 0.25) is 5.02 Å². The Kier molecular flexibility index (Phi) is 5.69. The number of hydrogen-bond donors (Lipinski definition) is 0. The maximum Gasteiger partial charge on any atom is 0.137 e. The smallest absolute Gasteiger partial charge is 0.137 e. The molecule has 2 aromatic rings. The Morgan fingerprint density at radius 3 is 2.60 bits per heavy atom. The second kappa shape index (κ2) is 7.75.